The molecule has 0 saturated carbocycles. The average molecular weight is 404 g/mol. The van der Waals surface area contributed by atoms with Gasteiger partial charge in [0.1, 0.15) is 5.00 Å². The van der Waals surface area contributed by atoms with Crippen LogP contribution in [-0.2, 0) is 22.4 Å². The van der Waals surface area contributed by atoms with Crippen molar-refractivity contribution in [1.82, 2.24) is 0 Å². The second-order valence-electron chi connectivity index (χ2n) is 6.93. The number of thioether (sulfide) groups is 1. The molecule has 1 aromatic heterocycles. The normalized spacial score (nSPS) is 15.9. The van der Waals surface area contributed by atoms with E-state index in [4.69, 9.17) is 4.74 Å². The molecule has 0 saturated heterocycles. The molecule has 1 aliphatic rings. The van der Waals surface area contributed by atoms with Gasteiger partial charge in [-0.15, -0.1) is 23.1 Å². The number of nitrogens with one attached hydrogen (secondary N) is 1. The van der Waals surface area contributed by atoms with Gasteiger partial charge in [0, 0.05) is 9.77 Å². The zero-order valence-corrected chi connectivity index (χ0v) is 17.6. The number of anilines is 1. The first kappa shape index (κ1) is 20.0. The van der Waals surface area contributed by atoms with E-state index in [0.717, 1.165) is 29.7 Å². The Labute approximate surface area is 168 Å². The molecular formula is C21H25NO3S2. The fourth-order valence-corrected chi connectivity index (χ4v) is 5.32. The van der Waals surface area contributed by atoms with Crippen molar-refractivity contribution in [1.29, 1.82) is 0 Å². The highest BCUT2D eigenvalue weighted by Crippen LogP contribution is 2.40. The third-order valence-electron chi connectivity index (χ3n) is 4.64. The van der Waals surface area contributed by atoms with Gasteiger partial charge in [-0.2, -0.15) is 0 Å². The van der Waals surface area contributed by atoms with Crippen molar-refractivity contribution in [2.75, 3.05) is 17.7 Å². The lowest BCUT2D eigenvalue weighted by Gasteiger charge is -2.18. The maximum Gasteiger partial charge on any atom is 0.341 e. The zero-order valence-electron chi connectivity index (χ0n) is 16.0. The summed E-state index contributed by atoms with van der Waals surface area (Å²) >= 11 is 3.02. The predicted molar refractivity (Wildman–Crippen MR) is 112 cm³/mol. The van der Waals surface area contributed by atoms with E-state index in [1.165, 1.54) is 33.5 Å². The van der Waals surface area contributed by atoms with Crippen LogP contribution in [0.3, 0.4) is 0 Å². The van der Waals surface area contributed by atoms with Crippen LogP contribution in [0, 0.1) is 12.8 Å². The Hall–Kier alpha value is -1.79. The van der Waals surface area contributed by atoms with Crippen LogP contribution in [0.4, 0.5) is 5.00 Å². The molecule has 0 fully saturated rings. The minimum absolute atomic E-state index is 0.0993. The molecule has 1 aliphatic carbocycles. The summed E-state index contributed by atoms with van der Waals surface area (Å²) < 4.78 is 5.25. The van der Waals surface area contributed by atoms with E-state index in [9.17, 15) is 9.59 Å². The highest BCUT2D eigenvalue weighted by molar-refractivity contribution is 8.00. The quantitative estimate of drug-likeness (QED) is 0.539. The molecule has 0 unspecified atom stereocenters. The molecule has 1 N–H and O–H groups in total. The lowest BCUT2D eigenvalue weighted by molar-refractivity contribution is -0.113. The Balaban J connectivity index is 1.73. The number of carbonyl (C=O) groups is 2. The predicted octanol–water partition coefficient (Wildman–Crippen LogP) is 5.09. The number of ether oxygens (including phenoxy) is 1. The smallest absolute Gasteiger partial charge is 0.341 e. The molecule has 27 heavy (non-hydrogen) atoms. The molecule has 0 radical (unpaired) electrons. The molecule has 3 rings (SSSR count). The Bertz CT molecular complexity index is 827. The average Bonchev–Trinajstić information content (AvgIpc) is 2.98. The minimum atomic E-state index is -0.328. The molecule has 1 amide bonds. The first-order valence-electron chi connectivity index (χ1n) is 9.29. The summed E-state index contributed by atoms with van der Waals surface area (Å²) in [5.74, 6) is 0.486. The Morgan fingerprint density at radius 2 is 2.04 bits per heavy atom. The van der Waals surface area contributed by atoms with Crippen LogP contribution in [0.25, 0.3) is 0 Å². The molecule has 0 bridgehead atoms. The summed E-state index contributed by atoms with van der Waals surface area (Å²) in [4.78, 5) is 27.2. The van der Waals surface area contributed by atoms with E-state index >= 15 is 0 Å². The summed E-state index contributed by atoms with van der Waals surface area (Å²) in [7, 11) is 0. The number of rotatable bonds is 6. The topological polar surface area (TPSA) is 55.4 Å². The van der Waals surface area contributed by atoms with Gasteiger partial charge in [0.05, 0.1) is 17.9 Å². The van der Waals surface area contributed by atoms with E-state index in [0.29, 0.717) is 28.8 Å². The number of amides is 1. The number of thiophene rings is 1. The van der Waals surface area contributed by atoms with Crippen molar-refractivity contribution < 1.29 is 14.3 Å². The molecule has 144 valence electrons. The molecule has 6 heteroatoms. The first-order chi connectivity index (χ1) is 13.0. The van der Waals surface area contributed by atoms with Crippen molar-refractivity contribution in [3.05, 3.63) is 45.8 Å². The Morgan fingerprint density at radius 3 is 2.74 bits per heavy atom. The molecule has 1 heterocycles. The van der Waals surface area contributed by atoms with Crippen molar-refractivity contribution in [2.45, 2.75) is 44.9 Å². The van der Waals surface area contributed by atoms with E-state index in [1.807, 2.05) is 31.2 Å². The molecule has 2 aromatic rings. The highest BCUT2D eigenvalue weighted by atomic mass is 32.2. The summed E-state index contributed by atoms with van der Waals surface area (Å²) in [5.41, 5.74) is 2.83. The van der Waals surface area contributed by atoms with Gasteiger partial charge in [0.25, 0.3) is 0 Å². The third-order valence-corrected chi connectivity index (χ3v) is 6.82. The van der Waals surface area contributed by atoms with Gasteiger partial charge in [0.2, 0.25) is 5.91 Å². The van der Waals surface area contributed by atoms with E-state index in [1.54, 1.807) is 6.92 Å². The lowest BCUT2D eigenvalue weighted by atomic mass is 9.88. The van der Waals surface area contributed by atoms with Crippen molar-refractivity contribution in [3.63, 3.8) is 0 Å². The zero-order chi connectivity index (χ0) is 19.4. The van der Waals surface area contributed by atoms with Crippen LogP contribution < -0.4 is 5.32 Å². The third kappa shape index (κ3) is 4.93. The highest BCUT2D eigenvalue weighted by Gasteiger charge is 2.29. The van der Waals surface area contributed by atoms with Gasteiger partial charge < -0.3 is 10.1 Å². The van der Waals surface area contributed by atoms with Crippen LogP contribution in [0.15, 0.2) is 29.2 Å². The first-order valence-corrected chi connectivity index (χ1v) is 11.1. The van der Waals surface area contributed by atoms with Gasteiger partial charge >= 0.3 is 5.97 Å². The van der Waals surface area contributed by atoms with E-state index < -0.39 is 0 Å². The SMILES string of the molecule is CCOC(=O)c1c(NC(=O)CSc2ccc(C)cc2)sc2c1CC[C@H](C)C2. The van der Waals surface area contributed by atoms with Gasteiger partial charge in [-0.25, -0.2) is 4.79 Å². The summed E-state index contributed by atoms with van der Waals surface area (Å²) in [6.07, 6.45) is 2.89. The van der Waals surface area contributed by atoms with Crippen LogP contribution >= 0.6 is 23.1 Å². The number of carbonyl (C=O) groups excluding carboxylic acids is 2. The molecule has 0 aliphatic heterocycles. The summed E-state index contributed by atoms with van der Waals surface area (Å²) in [6.45, 7) is 6.40. The number of hydrogen-bond acceptors (Lipinski definition) is 5. The Morgan fingerprint density at radius 1 is 1.30 bits per heavy atom. The number of benzene rings is 1. The second-order valence-corrected chi connectivity index (χ2v) is 9.08. The minimum Gasteiger partial charge on any atom is -0.462 e. The van der Waals surface area contributed by atoms with E-state index in [-0.39, 0.29) is 11.9 Å². The van der Waals surface area contributed by atoms with Crippen molar-refractivity contribution >= 4 is 40.0 Å². The monoisotopic (exact) mass is 403 g/mol. The van der Waals surface area contributed by atoms with Crippen LogP contribution in [0.2, 0.25) is 0 Å². The van der Waals surface area contributed by atoms with Crippen LogP contribution in [-0.4, -0.2) is 24.2 Å². The van der Waals surface area contributed by atoms with Gasteiger partial charge in [-0.3, -0.25) is 4.79 Å². The van der Waals surface area contributed by atoms with Crippen molar-refractivity contribution in [2.24, 2.45) is 5.92 Å². The summed E-state index contributed by atoms with van der Waals surface area (Å²) in [5, 5.41) is 3.60. The largest absolute Gasteiger partial charge is 0.462 e. The number of aryl methyl sites for hydroxylation is 1. The number of hydrogen-bond donors (Lipinski definition) is 1. The number of esters is 1. The van der Waals surface area contributed by atoms with E-state index in [2.05, 4.69) is 12.2 Å². The molecular weight excluding hydrogens is 378 g/mol. The Kier molecular flexibility index (Phi) is 6.60. The van der Waals surface area contributed by atoms with Gasteiger partial charge in [-0.05, 0) is 56.7 Å². The number of fused-ring (bicyclic) bond motifs is 1. The molecule has 4 nitrogen and oxygen atoms in total. The lowest BCUT2D eigenvalue weighted by Crippen LogP contribution is -2.17. The van der Waals surface area contributed by atoms with Gasteiger partial charge in [0.15, 0.2) is 0 Å². The maximum atomic E-state index is 12.5. The fourth-order valence-electron chi connectivity index (χ4n) is 3.20. The standard InChI is InChI=1S/C21H25NO3S2/c1-4-25-21(24)19-16-10-7-14(3)11-17(16)27-20(19)22-18(23)12-26-15-8-5-13(2)6-9-15/h5-6,8-9,14H,4,7,10-12H2,1-3H3,(H,22,23)/t14-/m0/s1. The van der Waals surface area contributed by atoms with Crippen molar-refractivity contribution in [3.8, 4) is 0 Å². The maximum absolute atomic E-state index is 12.5. The molecule has 1 atom stereocenters. The van der Waals surface area contributed by atoms with Gasteiger partial charge in [-0.1, -0.05) is 24.6 Å². The summed E-state index contributed by atoms with van der Waals surface area (Å²) in [6, 6.07) is 8.10. The molecule has 0 spiro atoms. The van der Waals surface area contributed by atoms with Crippen LogP contribution in [0.1, 0.15) is 46.6 Å². The fraction of sp³-hybridized carbons (Fsp3) is 0.429. The van der Waals surface area contributed by atoms with Crippen LogP contribution in [0.5, 0.6) is 0 Å². The second kappa shape index (κ2) is 8.93. The molecule has 1 aromatic carbocycles.